The van der Waals surface area contributed by atoms with Crippen molar-refractivity contribution in [3.05, 3.63) is 71.3 Å². The fraction of sp³-hybridized carbons (Fsp3) is 0.158. The lowest BCUT2D eigenvalue weighted by Gasteiger charge is -2.20. The molecule has 27 heavy (non-hydrogen) atoms. The summed E-state index contributed by atoms with van der Waals surface area (Å²) in [6, 6.07) is 12.1. The molecule has 5 nitrogen and oxygen atoms in total. The second kappa shape index (κ2) is 8.39. The van der Waals surface area contributed by atoms with Gasteiger partial charge in [0.1, 0.15) is 5.57 Å². The van der Waals surface area contributed by atoms with Crippen LogP contribution in [-0.4, -0.2) is 18.5 Å². The molecule has 0 heterocycles. The molecule has 2 aromatic rings. The van der Waals surface area contributed by atoms with Crippen LogP contribution in [0.4, 0.5) is 18.9 Å². The molecule has 0 saturated heterocycles. The zero-order chi connectivity index (χ0) is 20.0. The number of para-hydroxylation sites is 1. The van der Waals surface area contributed by atoms with E-state index in [2.05, 4.69) is 5.32 Å². The van der Waals surface area contributed by atoms with E-state index in [1.54, 1.807) is 18.2 Å². The number of rotatable bonds is 6. The number of esters is 1. The Hall–Kier alpha value is -3.29. The van der Waals surface area contributed by atoms with E-state index in [1.807, 2.05) is 0 Å². The highest BCUT2D eigenvalue weighted by atomic mass is 19.4. The van der Waals surface area contributed by atoms with Crippen molar-refractivity contribution in [2.24, 2.45) is 0 Å². The molecule has 0 aromatic heterocycles. The molecule has 8 heteroatoms. The van der Waals surface area contributed by atoms with Gasteiger partial charge in [-0.2, -0.15) is 13.2 Å². The molecule has 0 radical (unpaired) electrons. The first-order valence-electron chi connectivity index (χ1n) is 7.87. The molecule has 0 unspecified atom stereocenters. The summed E-state index contributed by atoms with van der Waals surface area (Å²) in [6.07, 6.45) is -4.68. The molecule has 0 fully saturated rings. The van der Waals surface area contributed by atoms with Crippen molar-refractivity contribution in [1.29, 1.82) is 0 Å². The molecule has 0 aliphatic carbocycles. The summed E-state index contributed by atoms with van der Waals surface area (Å²) < 4.78 is 44.5. The lowest BCUT2D eigenvalue weighted by Crippen LogP contribution is -2.32. The molecule has 142 valence electrons. The molecule has 2 rings (SSSR count). The molecule has 0 saturated carbocycles. The molecule has 0 amide bonds. The van der Waals surface area contributed by atoms with Crippen LogP contribution in [-0.2, 0) is 20.5 Å². The van der Waals surface area contributed by atoms with Gasteiger partial charge in [-0.25, -0.2) is 4.79 Å². The summed E-state index contributed by atoms with van der Waals surface area (Å²) >= 11 is 0. The SMILES string of the molecule is CCOC(=O)C(C(=O)[O-])=C(Nc1ccccc1C(F)(F)F)c1ccccc1. The average molecular weight is 378 g/mol. The molecule has 2 aromatic carbocycles. The second-order valence-corrected chi connectivity index (χ2v) is 5.29. The number of carboxylic acid groups (broad SMARTS) is 1. The molecule has 0 atom stereocenters. The number of hydrogen-bond acceptors (Lipinski definition) is 5. The summed E-state index contributed by atoms with van der Waals surface area (Å²) in [6.45, 7) is 1.36. The zero-order valence-electron chi connectivity index (χ0n) is 14.2. The maximum absolute atomic E-state index is 13.3. The maximum atomic E-state index is 13.3. The van der Waals surface area contributed by atoms with Gasteiger partial charge in [0, 0.05) is 0 Å². The zero-order valence-corrected chi connectivity index (χ0v) is 14.2. The van der Waals surface area contributed by atoms with Crippen LogP contribution in [0.2, 0.25) is 0 Å². The third-order valence-corrected chi connectivity index (χ3v) is 3.49. The molecule has 0 aliphatic rings. The number of carboxylic acids is 1. The van der Waals surface area contributed by atoms with Crippen LogP contribution >= 0.6 is 0 Å². The molecular weight excluding hydrogens is 363 g/mol. The molecule has 0 bridgehead atoms. The summed E-state index contributed by atoms with van der Waals surface area (Å²) in [7, 11) is 0. The lowest BCUT2D eigenvalue weighted by molar-refractivity contribution is -0.299. The van der Waals surface area contributed by atoms with E-state index in [1.165, 1.54) is 31.2 Å². The van der Waals surface area contributed by atoms with Crippen molar-refractivity contribution in [2.45, 2.75) is 13.1 Å². The van der Waals surface area contributed by atoms with Gasteiger partial charge in [0.15, 0.2) is 0 Å². The lowest BCUT2D eigenvalue weighted by atomic mass is 10.0. The predicted octanol–water partition coefficient (Wildman–Crippen LogP) is 2.84. The number of halogens is 3. The third-order valence-electron chi connectivity index (χ3n) is 3.49. The van der Waals surface area contributed by atoms with Crippen molar-refractivity contribution < 1.29 is 32.6 Å². The van der Waals surface area contributed by atoms with E-state index >= 15 is 0 Å². The largest absolute Gasteiger partial charge is 0.544 e. The highest BCUT2D eigenvalue weighted by Crippen LogP contribution is 2.36. The van der Waals surface area contributed by atoms with Gasteiger partial charge in [0.2, 0.25) is 0 Å². The first kappa shape index (κ1) is 20.0. The van der Waals surface area contributed by atoms with Crippen LogP contribution in [0, 0.1) is 0 Å². The van der Waals surface area contributed by atoms with Gasteiger partial charge in [-0.3, -0.25) is 0 Å². The van der Waals surface area contributed by atoms with Gasteiger partial charge >= 0.3 is 12.1 Å². The second-order valence-electron chi connectivity index (χ2n) is 5.29. The van der Waals surface area contributed by atoms with Gasteiger partial charge in [0.05, 0.1) is 29.5 Å². The van der Waals surface area contributed by atoms with E-state index in [9.17, 15) is 27.9 Å². The molecular formula is C19H15F3NO4-. The minimum Gasteiger partial charge on any atom is -0.544 e. The van der Waals surface area contributed by atoms with Gasteiger partial charge < -0.3 is 20.0 Å². The number of carbonyl (C=O) groups excluding carboxylic acids is 2. The van der Waals surface area contributed by atoms with E-state index in [-0.39, 0.29) is 17.9 Å². The summed E-state index contributed by atoms with van der Waals surface area (Å²) in [5.74, 6) is -3.09. The quantitative estimate of drug-likeness (QED) is 0.362. The summed E-state index contributed by atoms with van der Waals surface area (Å²) in [5.41, 5.74) is -2.50. The number of nitrogens with one attached hydrogen (secondary N) is 1. The van der Waals surface area contributed by atoms with Crippen LogP contribution in [0.1, 0.15) is 18.1 Å². The summed E-state index contributed by atoms with van der Waals surface area (Å²) in [4.78, 5) is 23.7. The first-order valence-corrected chi connectivity index (χ1v) is 7.87. The topological polar surface area (TPSA) is 78.5 Å². The van der Waals surface area contributed by atoms with E-state index in [4.69, 9.17) is 4.74 Å². The number of hydrogen-bond donors (Lipinski definition) is 1. The fourth-order valence-corrected chi connectivity index (χ4v) is 2.35. The Morgan fingerprint density at radius 1 is 1.04 bits per heavy atom. The Bertz CT molecular complexity index is 861. The number of aliphatic carboxylic acids is 1. The Morgan fingerprint density at radius 2 is 1.63 bits per heavy atom. The van der Waals surface area contributed by atoms with Crippen LogP contribution in [0.3, 0.4) is 0 Å². The Balaban J connectivity index is 2.68. The molecule has 0 spiro atoms. The number of carbonyl (C=O) groups is 2. The molecule has 0 aliphatic heterocycles. The maximum Gasteiger partial charge on any atom is 0.418 e. The van der Waals surface area contributed by atoms with Gasteiger partial charge in [-0.05, 0) is 24.6 Å². The van der Waals surface area contributed by atoms with Crippen LogP contribution in [0.25, 0.3) is 5.70 Å². The fourth-order valence-electron chi connectivity index (χ4n) is 2.35. The van der Waals surface area contributed by atoms with E-state index < -0.39 is 34.9 Å². The van der Waals surface area contributed by atoms with Gasteiger partial charge in [0.25, 0.3) is 0 Å². The Labute approximate surface area is 153 Å². The van der Waals surface area contributed by atoms with Crippen molar-refractivity contribution in [2.75, 3.05) is 11.9 Å². The predicted molar refractivity (Wildman–Crippen MR) is 90.1 cm³/mol. The van der Waals surface area contributed by atoms with Gasteiger partial charge in [-0.15, -0.1) is 0 Å². The Kier molecular flexibility index (Phi) is 6.23. The number of alkyl halides is 3. The third kappa shape index (κ3) is 4.87. The minimum atomic E-state index is -4.68. The number of ether oxygens (including phenoxy) is 1. The Morgan fingerprint density at radius 3 is 2.19 bits per heavy atom. The van der Waals surface area contributed by atoms with Crippen molar-refractivity contribution in [1.82, 2.24) is 0 Å². The standard InChI is InChI=1S/C19H16F3NO4/c1-2-27-18(26)15(17(24)25)16(12-8-4-3-5-9-12)23-14-11-7-6-10-13(14)19(20,21)22/h3-11,23H,2H2,1H3,(H,24,25)/p-1. The van der Waals surface area contributed by atoms with E-state index in [0.29, 0.717) is 0 Å². The van der Waals surface area contributed by atoms with Crippen LogP contribution in [0.5, 0.6) is 0 Å². The molecule has 1 N–H and O–H groups in total. The average Bonchev–Trinajstić information content (AvgIpc) is 2.61. The monoisotopic (exact) mass is 378 g/mol. The van der Waals surface area contributed by atoms with Crippen LogP contribution in [0.15, 0.2) is 60.2 Å². The summed E-state index contributed by atoms with van der Waals surface area (Å²) in [5, 5.41) is 14.0. The normalized spacial score (nSPS) is 12.1. The number of anilines is 1. The van der Waals surface area contributed by atoms with Crippen LogP contribution < -0.4 is 10.4 Å². The highest BCUT2D eigenvalue weighted by Gasteiger charge is 2.33. The smallest absolute Gasteiger partial charge is 0.418 e. The highest BCUT2D eigenvalue weighted by molar-refractivity contribution is 6.19. The first-order chi connectivity index (χ1) is 12.8. The van der Waals surface area contributed by atoms with Crippen molar-refractivity contribution in [3.63, 3.8) is 0 Å². The van der Waals surface area contributed by atoms with Crippen molar-refractivity contribution in [3.8, 4) is 0 Å². The minimum absolute atomic E-state index is 0.114. The number of benzene rings is 2. The van der Waals surface area contributed by atoms with E-state index in [0.717, 1.165) is 12.1 Å². The van der Waals surface area contributed by atoms with Gasteiger partial charge in [-0.1, -0.05) is 42.5 Å². The van der Waals surface area contributed by atoms with Crippen molar-refractivity contribution >= 4 is 23.3 Å².